The van der Waals surface area contributed by atoms with E-state index in [-0.39, 0.29) is 5.97 Å². The molecule has 0 aromatic heterocycles. The van der Waals surface area contributed by atoms with Gasteiger partial charge < -0.3 is 4.74 Å². The number of hydrogen-bond acceptors (Lipinski definition) is 2. The highest BCUT2D eigenvalue weighted by Crippen LogP contribution is 2.14. The molecule has 0 aromatic carbocycles. The van der Waals surface area contributed by atoms with E-state index < -0.39 is 0 Å². The summed E-state index contributed by atoms with van der Waals surface area (Å²) in [6.45, 7) is 4.45. The third-order valence-electron chi connectivity index (χ3n) is 1.68. The molecule has 0 amide bonds. The molecule has 0 radical (unpaired) electrons. The molecule has 0 aliphatic heterocycles. The first-order valence-electron chi connectivity index (χ1n) is 4.46. The highest BCUT2D eigenvalue weighted by atomic mass is 79.9. The topological polar surface area (TPSA) is 26.3 Å². The van der Waals surface area contributed by atoms with Crippen molar-refractivity contribution in [1.29, 1.82) is 0 Å². The average molecular weight is 237 g/mol. The van der Waals surface area contributed by atoms with E-state index in [0.29, 0.717) is 18.9 Å². The number of esters is 1. The summed E-state index contributed by atoms with van der Waals surface area (Å²) in [6, 6.07) is 0. The number of ether oxygens (including phenoxy) is 1. The third kappa shape index (κ3) is 5.58. The molecule has 0 aliphatic carbocycles. The first-order chi connectivity index (χ1) is 5.74. The first-order valence-corrected chi connectivity index (χ1v) is 5.58. The molecule has 0 N–H and O–H groups in total. The second-order valence-electron chi connectivity index (χ2n) is 2.82. The van der Waals surface area contributed by atoms with Crippen LogP contribution in [0.4, 0.5) is 0 Å². The van der Waals surface area contributed by atoms with Crippen molar-refractivity contribution in [2.45, 2.75) is 33.1 Å². The van der Waals surface area contributed by atoms with Gasteiger partial charge in [0.25, 0.3) is 0 Å². The number of alkyl halides is 1. The normalized spacial score (nSPS) is 12.6. The minimum Gasteiger partial charge on any atom is -0.466 e. The Bertz CT molecular complexity index is 126. The zero-order valence-corrected chi connectivity index (χ0v) is 9.39. The Morgan fingerprint density at radius 2 is 2.17 bits per heavy atom. The fourth-order valence-electron chi connectivity index (χ4n) is 1.10. The van der Waals surface area contributed by atoms with Crippen LogP contribution in [0.15, 0.2) is 0 Å². The monoisotopic (exact) mass is 236 g/mol. The van der Waals surface area contributed by atoms with Gasteiger partial charge in [0.15, 0.2) is 0 Å². The van der Waals surface area contributed by atoms with Gasteiger partial charge in [0.2, 0.25) is 0 Å². The molecule has 0 unspecified atom stereocenters. The lowest BCUT2D eigenvalue weighted by Gasteiger charge is -2.10. The molecule has 0 aromatic rings. The van der Waals surface area contributed by atoms with Gasteiger partial charge in [-0.25, -0.2) is 0 Å². The average Bonchev–Trinajstić information content (AvgIpc) is 2.04. The van der Waals surface area contributed by atoms with Gasteiger partial charge >= 0.3 is 5.97 Å². The van der Waals surface area contributed by atoms with Crippen molar-refractivity contribution in [2.24, 2.45) is 5.92 Å². The van der Waals surface area contributed by atoms with E-state index in [2.05, 4.69) is 22.9 Å². The molecular formula is C9H17BrO2. The van der Waals surface area contributed by atoms with Gasteiger partial charge in [-0.3, -0.25) is 4.79 Å². The molecule has 72 valence electrons. The molecule has 0 heterocycles. The summed E-state index contributed by atoms with van der Waals surface area (Å²) in [5.74, 6) is 0.365. The molecule has 0 rings (SSSR count). The van der Waals surface area contributed by atoms with Gasteiger partial charge in [-0.2, -0.15) is 0 Å². The fourth-order valence-corrected chi connectivity index (χ4v) is 1.65. The molecule has 0 saturated heterocycles. The molecule has 0 saturated carbocycles. The first kappa shape index (κ1) is 11.9. The van der Waals surface area contributed by atoms with E-state index in [1.165, 1.54) is 0 Å². The SMILES string of the molecule is CCC[C@H](CBr)CC(=O)OCC. The Balaban J connectivity index is 3.61. The number of rotatable bonds is 6. The van der Waals surface area contributed by atoms with Crippen molar-refractivity contribution in [2.75, 3.05) is 11.9 Å². The van der Waals surface area contributed by atoms with Gasteiger partial charge in [0.1, 0.15) is 0 Å². The number of halogens is 1. The van der Waals surface area contributed by atoms with Crippen LogP contribution in [0.3, 0.4) is 0 Å². The molecule has 12 heavy (non-hydrogen) atoms. The number of carbonyl (C=O) groups is 1. The van der Waals surface area contributed by atoms with E-state index in [1.807, 2.05) is 6.92 Å². The molecule has 0 bridgehead atoms. The second kappa shape index (κ2) is 7.59. The van der Waals surface area contributed by atoms with Crippen LogP contribution in [-0.4, -0.2) is 17.9 Å². The van der Waals surface area contributed by atoms with Crippen LogP contribution in [0.25, 0.3) is 0 Å². The number of carbonyl (C=O) groups excluding carboxylic acids is 1. The van der Waals surface area contributed by atoms with E-state index in [0.717, 1.165) is 18.2 Å². The summed E-state index contributed by atoms with van der Waals surface area (Å²) in [6.07, 6.45) is 2.76. The lowest BCUT2D eigenvalue weighted by molar-refractivity contribution is -0.144. The van der Waals surface area contributed by atoms with Gasteiger partial charge in [0.05, 0.1) is 6.61 Å². The predicted molar refractivity (Wildman–Crippen MR) is 53.4 cm³/mol. The Labute approximate surface area is 82.8 Å². The van der Waals surface area contributed by atoms with Crippen molar-refractivity contribution in [3.8, 4) is 0 Å². The maximum absolute atomic E-state index is 11.0. The largest absolute Gasteiger partial charge is 0.466 e. The van der Waals surface area contributed by atoms with Crippen LogP contribution in [-0.2, 0) is 9.53 Å². The van der Waals surface area contributed by atoms with Crippen molar-refractivity contribution in [3.63, 3.8) is 0 Å². The van der Waals surface area contributed by atoms with Crippen LogP contribution in [0.1, 0.15) is 33.1 Å². The Kier molecular flexibility index (Phi) is 7.56. The quantitative estimate of drug-likeness (QED) is 0.524. The van der Waals surface area contributed by atoms with Crippen LogP contribution in [0, 0.1) is 5.92 Å². The van der Waals surface area contributed by atoms with Crippen LogP contribution in [0.5, 0.6) is 0 Å². The van der Waals surface area contributed by atoms with Gasteiger partial charge in [-0.1, -0.05) is 29.3 Å². The van der Waals surface area contributed by atoms with Crippen LogP contribution >= 0.6 is 15.9 Å². The molecule has 0 spiro atoms. The smallest absolute Gasteiger partial charge is 0.306 e. The van der Waals surface area contributed by atoms with Gasteiger partial charge in [0, 0.05) is 11.8 Å². The van der Waals surface area contributed by atoms with E-state index in [4.69, 9.17) is 4.74 Å². The summed E-state index contributed by atoms with van der Waals surface area (Å²) in [5, 5.41) is 0.889. The molecular weight excluding hydrogens is 220 g/mol. The lowest BCUT2D eigenvalue weighted by Crippen LogP contribution is -2.12. The van der Waals surface area contributed by atoms with Crippen molar-refractivity contribution in [1.82, 2.24) is 0 Å². The third-order valence-corrected chi connectivity index (χ3v) is 2.59. The standard InChI is InChI=1S/C9H17BrO2/c1-3-5-8(7-10)6-9(11)12-4-2/h8H,3-7H2,1-2H3/t8-/m0/s1. The van der Waals surface area contributed by atoms with Crippen LogP contribution < -0.4 is 0 Å². The Hall–Kier alpha value is -0.0500. The van der Waals surface area contributed by atoms with Gasteiger partial charge in [-0.05, 0) is 19.3 Å². The zero-order chi connectivity index (χ0) is 9.40. The Morgan fingerprint density at radius 1 is 1.50 bits per heavy atom. The molecule has 0 fully saturated rings. The highest BCUT2D eigenvalue weighted by Gasteiger charge is 2.11. The zero-order valence-electron chi connectivity index (χ0n) is 7.81. The number of hydrogen-bond donors (Lipinski definition) is 0. The van der Waals surface area contributed by atoms with Crippen LogP contribution in [0.2, 0.25) is 0 Å². The predicted octanol–water partition coefficient (Wildman–Crippen LogP) is 2.75. The summed E-state index contributed by atoms with van der Waals surface area (Å²) >= 11 is 3.39. The summed E-state index contributed by atoms with van der Waals surface area (Å²) in [4.78, 5) is 11.0. The minimum atomic E-state index is -0.0737. The van der Waals surface area contributed by atoms with Crippen molar-refractivity contribution < 1.29 is 9.53 Å². The Morgan fingerprint density at radius 3 is 2.58 bits per heavy atom. The molecule has 2 nitrogen and oxygen atoms in total. The molecule has 0 aliphatic rings. The fraction of sp³-hybridized carbons (Fsp3) is 0.889. The maximum atomic E-state index is 11.0. The summed E-state index contributed by atoms with van der Waals surface area (Å²) in [7, 11) is 0. The van der Waals surface area contributed by atoms with Crippen molar-refractivity contribution >= 4 is 21.9 Å². The van der Waals surface area contributed by atoms with Crippen molar-refractivity contribution in [3.05, 3.63) is 0 Å². The maximum Gasteiger partial charge on any atom is 0.306 e. The lowest BCUT2D eigenvalue weighted by atomic mass is 10.0. The van der Waals surface area contributed by atoms with E-state index in [9.17, 15) is 4.79 Å². The summed E-state index contributed by atoms with van der Waals surface area (Å²) < 4.78 is 4.86. The minimum absolute atomic E-state index is 0.0737. The molecule has 1 atom stereocenters. The van der Waals surface area contributed by atoms with E-state index in [1.54, 1.807) is 0 Å². The molecule has 3 heteroatoms. The van der Waals surface area contributed by atoms with E-state index >= 15 is 0 Å². The highest BCUT2D eigenvalue weighted by molar-refractivity contribution is 9.09. The summed E-state index contributed by atoms with van der Waals surface area (Å²) in [5.41, 5.74) is 0. The second-order valence-corrected chi connectivity index (χ2v) is 3.47. The van der Waals surface area contributed by atoms with Gasteiger partial charge in [-0.15, -0.1) is 0 Å².